The Morgan fingerprint density at radius 2 is 1.79 bits per heavy atom. The molecular weight excluding hydrogens is 440 g/mol. The highest BCUT2D eigenvalue weighted by Gasteiger charge is 2.11. The number of halogens is 1. The summed E-state index contributed by atoms with van der Waals surface area (Å²) in [5.74, 6) is -1.66. The van der Waals surface area contributed by atoms with Crippen LogP contribution in [-0.4, -0.2) is 37.1 Å². The second-order valence-electron chi connectivity index (χ2n) is 5.58. The Hall–Kier alpha value is -3.46. The number of nitrogens with one attached hydrogen (secondary N) is 3. The lowest BCUT2D eigenvalue weighted by molar-refractivity contribution is -0.139. The number of carbonyl (C=O) groups is 3. The van der Waals surface area contributed by atoms with Gasteiger partial charge < -0.3 is 15.4 Å². The molecule has 29 heavy (non-hydrogen) atoms. The summed E-state index contributed by atoms with van der Waals surface area (Å²) < 4.78 is 6.44. The van der Waals surface area contributed by atoms with E-state index in [-0.39, 0.29) is 19.1 Å². The van der Waals surface area contributed by atoms with Crippen LogP contribution in [0.15, 0.2) is 70.8 Å². The predicted octanol–water partition coefficient (Wildman–Crippen LogP) is 2.22. The highest BCUT2D eigenvalue weighted by Crippen LogP contribution is 2.17. The van der Waals surface area contributed by atoms with Gasteiger partial charge in [-0.1, -0.05) is 34.1 Å². The van der Waals surface area contributed by atoms with Crippen LogP contribution in [0.1, 0.15) is 5.56 Å². The predicted molar refractivity (Wildman–Crippen MR) is 114 cm³/mol. The molecule has 2 aromatic rings. The summed E-state index contributed by atoms with van der Waals surface area (Å²) in [6, 6.07) is 14.0. The highest BCUT2D eigenvalue weighted by atomic mass is 79.9. The van der Waals surface area contributed by atoms with Crippen LogP contribution in [0.25, 0.3) is 0 Å². The zero-order chi connectivity index (χ0) is 21.1. The quantitative estimate of drug-likeness (QED) is 0.244. The molecule has 0 bridgehead atoms. The fraction of sp³-hybridized carbons (Fsp3) is 0.100. The topological polar surface area (TPSA) is 109 Å². The van der Waals surface area contributed by atoms with E-state index in [2.05, 4.69) is 43.7 Å². The van der Waals surface area contributed by atoms with Crippen LogP contribution in [0.4, 0.5) is 5.69 Å². The van der Waals surface area contributed by atoms with E-state index in [0.29, 0.717) is 17.0 Å². The third-order valence-corrected chi connectivity index (χ3v) is 3.92. The van der Waals surface area contributed by atoms with Crippen molar-refractivity contribution in [2.75, 3.05) is 18.5 Å². The maximum absolute atomic E-state index is 12.1. The van der Waals surface area contributed by atoms with Crippen molar-refractivity contribution in [3.63, 3.8) is 0 Å². The number of para-hydroxylation sites is 1. The normalized spacial score (nSPS) is 10.2. The van der Waals surface area contributed by atoms with E-state index in [4.69, 9.17) is 4.74 Å². The van der Waals surface area contributed by atoms with Gasteiger partial charge in [0.05, 0.1) is 6.21 Å². The summed E-state index contributed by atoms with van der Waals surface area (Å²) in [5.41, 5.74) is 3.29. The molecule has 0 heterocycles. The van der Waals surface area contributed by atoms with E-state index in [0.717, 1.165) is 4.47 Å². The van der Waals surface area contributed by atoms with E-state index >= 15 is 0 Å². The largest absolute Gasteiger partial charge is 0.483 e. The lowest BCUT2D eigenvalue weighted by Crippen LogP contribution is -2.37. The average molecular weight is 459 g/mol. The Balaban J connectivity index is 1.90. The number of carbonyl (C=O) groups excluding carboxylic acids is 3. The molecule has 0 aliphatic carbocycles. The molecule has 150 valence electrons. The lowest BCUT2D eigenvalue weighted by atomic mass is 10.2. The molecule has 0 aliphatic heterocycles. The molecule has 0 aromatic heterocycles. The van der Waals surface area contributed by atoms with Crippen molar-refractivity contribution in [1.82, 2.24) is 10.7 Å². The minimum atomic E-state index is -0.907. The van der Waals surface area contributed by atoms with Crippen LogP contribution < -0.4 is 20.8 Å². The number of benzene rings is 2. The van der Waals surface area contributed by atoms with Gasteiger partial charge in [-0.05, 0) is 36.4 Å². The van der Waals surface area contributed by atoms with Gasteiger partial charge in [0.2, 0.25) is 0 Å². The van der Waals surface area contributed by atoms with Gasteiger partial charge in [-0.25, -0.2) is 5.43 Å². The summed E-state index contributed by atoms with van der Waals surface area (Å²) in [5, 5.41) is 8.79. The molecule has 0 atom stereocenters. The SMILES string of the molecule is C=CCNC(=O)C(=O)N/N=C\c1ccccc1OCC(=O)Nc1ccc(Br)cc1. The van der Waals surface area contributed by atoms with Gasteiger partial charge in [-0.2, -0.15) is 5.10 Å². The van der Waals surface area contributed by atoms with Gasteiger partial charge in [-0.3, -0.25) is 14.4 Å². The van der Waals surface area contributed by atoms with Crippen LogP contribution in [0.2, 0.25) is 0 Å². The third kappa shape index (κ3) is 7.59. The highest BCUT2D eigenvalue weighted by molar-refractivity contribution is 9.10. The number of hydrazone groups is 1. The van der Waals surface area contributed by atoms with Crippen LogP contribution in [-0.2, 0) is 14.4 Å². The fourth-order valence-electron chi connectivity index (χ4n) is 2.05. The van der Waals surface area contributed by atoms with Crippen LogP contribution in [0.5, 0.6) is 5.75 Å². The zero-order valence-electron chi connectivity index (χ0n) is 15.4. The van der Waals surface area contributed by atoms with Gasteiger partial charge in [0.1, 0.15) is 5.75 Å². The number of hydrogen-bond donors (Lipinski definition) is 3. The zero-order valence-corrected chi connectivity index (χ0v) is 16.9. The molecule has 0 saturated heterocycles. The summed E-state index contributed by atoms with van der Waals surface area (Å²) in [7, 11) is 0. The number of ether oxygens (including phenoxy) is 1. The molecular formula is C20H19BrN4O4. The van der Waals surface area contributed by atoms with Crippen molar-refractivity contribution in [2.45, 2.75) is 0 Å². The van der Waals surface area contributed by atoms with Gasteiger partial charge >= 0.3 is 11.8 Å². The average Bonchev–Trinajstić information content (AvgIpc) is 2.72. The molecule has 0 radical (unpaired) electrons. The summed E-state index contributed by atoms with van der Waals surface area (Å²) >= 11 is 3.33. The number of rotatable bonds is 8. The number of nitrogens with zero attached hydrogens (tertiary/aromatic N) is 1. The van der Waals surface area contributed by atoms with Crippen LogP contribution in [0, 0.1) is 0 Å². The standard InChI is InChI=1S/C20H19BrN4O4/c1-2-11-22-19(27)20(28)25-23-12-14-5-3-4-6-17(14)29-13-18(26)24-16-9-7-15(21)8-10-16/h2-10,12H,1,11,13H2,(H,22,27)(H,24,26)(H,25,28)/b23-12-. The summed E-state index contributed by atoms with van der Waals surface area (Å²) in [4.78, 5) is 35.1. The lowest BCUT2D eigenvalue weighted by Gasteiger charge is -2.09. The molecule has 0 aliphatic rings. The minimum absolute atomic E-state index is 0.176. The van der Waals surface area contributed by atoms with E-state index < -0.39 is 11.8 Å². The number of anilines is 1. The van der Waals surface area contributed by atoms with Gasteiger partial charge in [0.15, 0.2) is 6.61 Å². The maximum Gasteiger partial charge on any atom is 0.329 e. The first kappa shape index (κ1) is 21.8. The Morgan fingerprint density at radius 3 is 2.52 bits per heavy atom. The molecule has 3 amide bonds. The van der Waals surface area contributed by atoms with Gasteiger partial charge in [-0.15, -0.1) is 6.58 Å². The molecule has 9 heteroatoms. The van der Waals surface area contributed by atoms with E-state index in [1.165, 1.54) is 12.3 Å². The Labute approximate surface area is 176 Å². The third-order valence-electron chi connectivity index (χ3n) is 3.39. The van der Waals surface area contributed by atoms with E-state index in [1.54, 1.807) is 36.4 Å². The molecule has 2 aromatic carbocycles. The number of amides is 3. The first-order valence-electron chi connectivity index (χ1n) is 8.49. The van der Waals surface area contributed by atoms with Crippen molar-refractivity contribution in [3.8, 4) is 5.75 Å². The van der Waals surface area contributed by atoms with Crippen LogP contribution >= 0.6 is 15.9 Å². The second kappa shape index (κ2) is 11.4. The van der Waals surface area contributed by atoms with Gasteiger partial charge in [0, 0.05) is 22.3 Å². The summed E-state index contributed by atoms with van der Waals surface area (Å²) in [6.07, 6.45) is 2.77. The fourth-order valence-corrected chi connectivity index (χ4v) is 2.31. The molecule has 3 N–H and O–H groups in total. The molecule has 0 fully saturated rings. The second-order valence-corrected chi connectivity index (χ2v) is 6.50. The number of hydrogen-bond acceptors (Lipinski definition) is 5. The Bertz CT molecular complexity index is 913. The van der Waals surface area contributed by atoms with Crippen molar-refractivity contribution < 1.29 is 19.1 Å². The smallest absolute Gasteiger partial charge is 0.329 e. The molecule has 2 rings (SSSR count). The van der Waals surface area contributed by atoms with Gasteiger partial charge in [0.25, 0.3) is 5.91 Å². The minimum Gasteiger partial charge on any atom is -0.483 e. The van der Waals surface area contributed by atoms with Crippen molar-refractivity contribution in [3.05, 3.63) is 71.2 Å². The molecule has 0 spiro atoms. The molecule has 0 saturated carbocycles. The Kier molecular flexibility index (Phi) is 8.58. The first-order valence-corrected chi connectivity index (χ1v) is 9.28. The van der Waals surface area contributed by atoms with Crippen molar-refractivity contribution >= 4 is 45.6 Å². The maximum atomic E-state index is 12.1. The first-order chi connectivity index (χ1) is 14.0. The summed E-state index contributed by atoms with van der Waals surface area (Å²) in [6.45, 7) is 3.40. The van der Waals surface area contributed by atoms with E-state index in [9.17, 15) is 14.4 Å². The monoisotopic (exact) mass is 458 g/mol. The van der Waals surface area contributed by atoms with Crippen molar-refractivity contribution in [1.29, 1.82) is 0 Å². The Morgan fingerprint density at radius 1 is 1.07 bits per heavy atom. The van der Waals surface area contributed by atoms with Crippen molar-refractivity contribution in [2.24, 2.45) is 5.10 Å². The molecule has 0 unspecified atom stereocenters. The van der Waals surface area contributed by atoms with E-state index in [1.807, 2.05) is 12.1 Å². The molecule has 8 nitrogen and oxygen atoms in total. The van der Waals surface area contributed by atoms with Crippen LogP contribution in [0.3, 0.4) is 0 Å².